The quantitative estimate of drug-likeness (QED) is 0.589. The van der Waals surface area contributed by atoms with Crippen LogP contribution in [0.4, 0.5) is 5.95 Å². The Morgan fingerprint density at radius 1 is 1.50 bits per heavy atom. The standard InChI is InChI=1S/C10H21N5S/c1-8(2)14(3)6-4-5-7-15-9(11)12-13-10(15)16/h8H,4-7H2,1-3H3,(H2,11,12)(H,13,16). The van der Waals surface area contributed by atoms with Gasteiger partial charge in [0.05, 0.1) is 0 Å². The molecule has 0 bridgehead atoms. The Morgan fingerprint density at radius 2 is 2.19 bits per heavy atom. The van der Waals surface area contributed by atoms with E-state index in [0.717, 1.165) is 25.9 Å². The van der Waals surface area contributed by atoms with Gasteiger partial charge in [-0.15, -0.1) is 5.10 Å². The van der Waals surface area contributed by atoms with E-state index in [9.17, 15) is 0 Å². The zero-order valence-electron chi connectivity index (χ0n) is 10.2. The van der Waals surface area contributed by atoms with Gasteiger partial charge in [-0.25, -0.2) is 5.10 Å². The van der Waals surface area contributed by atoms with Crippen molar-refractivity contribution < 1.29 is 0 Å². The average molecular weight is 243 g/mol. The van der Waals surface area contributed by atoms with Crippen LogP contribution in [0.3, 0.4) is 0 Å². The second-order valence-corrected chi connectivity index (χ2v) is 4.71. The molecule has 0 radical (unpaired) electrons. The number of hydrogen-bond donors (Lipinski definition) is 2. The van der Waals surface area contributed by atoms with Crippen molar-refractivity contribution in [3.8, 4) is 0 Å². The van der Waals surface area contributed by atoms with Crippen LogP contribution in [0.1, 0.15) is 26.7 Å². The monoisotopic (exact) mass is 243 g/mol. The van der Waals surface area contributed by atoms with E-state index in [2.05, 4.69) is 36.0 Å². The van der Waals surface area contributed by atoms with Crippen molar-refractivity contribution in [3.63, 3.8) is 0 Å². The molecular weight excluding hydrogens is 222 g/mol. The minimum absolute atomic E-state index is 0.474. The van der Waals surface area contributed by atoms with E-state index in [0.29, 0.717) is 16.8 Å². The maximum atomic E-state index is 5.68. The Balaban J connectivity index is 2.29. The lowest BCUT2D eigenvalue weighted by atomic mass is 10.2. The Kier molecular flexibility index (Phi) is 4.95. The molecule has 0 spiro atoms. The molecule has 0 amide bonds. The SMILES string of the molecule is CC(C)N(C)CCCCn1c(N)n[nH]c1=S. The lowest BCUT2D eigenvalue weighted by molar-refractivity contribution is 0.266. The lowest BCUT2D eigenvalue weighted by Crippen LogP contribution is -2.27. The molecule has 0 unspecified atom stereocenters. The Bertz CT molecular complexity index is 368. The highest BCUT2D eigenvalue weighted by Gasteiger charge is 2.04. The van der Waals surface area contributed by atoms with Gasteiger partial charge in [-0.05, 0) is 52.5 Å². The highest BCUT2D eigenvalue weighted by Crippen LogP contribution is 2.04. The molecule has 0 aromatic carbocycles. The summed E-state index contributed by atoms with van der Waals surface area (Å²) in [6.07, 6.45) is 2.20. The van der Waals surface area contributed by atoms with Crippen LogP contribution < -0.4 is 5.73 Å². The zero-order chi connectivity index (χ0) is 12.1. The highest BCUT2D eigenvalue weighted by atomic mass is 32.1. The van der Waals surface area contributed by atoms with Crippen LogP contribution in [-0.4, -0.2) is 39.3 Å². The van der Waals surface area contributed by atoms with Gasteiger partial charge in [-0.2, -0.15) is 0 Å². The molecule has 5 nitrogen and oxygen atoms in total. The van der Waals surface area contributed by atoms with Crippen LogP contribution in [0.2, 0.25) is 0 Å². The molecule has 1 rings (SSSR count). The number of nitrogens with two attached hydrogens (primary N) is 1. The minimum Gasteiger partial charge on any atom is -0.368 e. The number of nitrogens with zero attached hydrogens (tertiary/aromatic N) is 3. The van der Waals surface area contributed by atoms with E-state index in [1.54, 1.807) is 0 Å². The number of unbranched alkanes of at least 4 members (excludes halogenated alkanes) is 1. The van der Waals surface area contributed by atoms with Gasteiger partial charge in [0.15, 0.2) is 4.77 Å². The third-order valence-corrected chi connectivity index (χ3v) is 3.12. The molecule has 1 aromatic rings. The fraction of sp³-hybridized carbons (Fsp3) is 0.800. The van der Waals surface area contributed by atoms with Crippen molar-refractivity contribution in [3.05, 3.63) is 4.77 Å². The number of H-pyrrole nitrogens is 1. The largest absolute Gasteiger partial charge is 0.368 e. The van der Waals surface area contributed by atoms with Gasteiger partial charge < -0.3 is 10.6 Å². The molecule has 3 N–H and O–H groups in total. The number of rotatable bonds is 6. The van der Waals surface area contributed by atoms with Crippen molar-refractivity contribution in [2.24, 2.45) is 0 Å². The van der Waals surface area contributed by atoms with E-state index in [4.69, 9.17) is 18.0 Å². The summed E-state index contributed by atoms with van der Waals surface area (Å²) >= 11 is 5.07. The van der Waals surface area contributed by atoms with E-state index in [-0.39, 0.29) is 0 Å². The molecule has 0 atom stereocenters. The molecule has 16 heavy (non-hydrogen) atoms. The summed E-state index contributed by atoms with van der Waals surface area (Å²) in [6.45, 7) is 6.34. The summed E-state index contributed by atoms with van der Waals surface area (Å²) in [5.41, 5.74) is 5.68. The maximum Gasteiger partial charge on any atom is 0.220 e. The van der Waals surface area contributed by atoms with Crippen molar-refractivity contribution >= 4 is 18.2 Å². The van der Waals surface area contributed by atoms with Crippen molar-refractivity contribution in [2.45, 2.75) is 39.3 Å². The van der Waals surface area contributed by atoms with Gasteiger partial charge in [0.25, 0.3) is 0 Å². The molecule has 92 valence electrons. The number of nitrogens with one attached hydrogen (secondary N) is 1. The molecule has 0 saturated heterocycles. The number of hydrogen-bond acceptors (Lipinski definition) is 4. The van der Waals surface area contributed by atoms with Gasteiger partial charge in [-0.3, -0.25) is 4.57 Å². The Hall–Kier alpha value is -0.880. The summed E-state index contributed by atoms with van der Waals surface area (Å²) in [7, 11) is 2.14. The first-order valence-corrected chi connectivity index (χ1v) is 6.04. The Morgan fingerprint density at radius 3 is 2.69 bits per heavy atom. The molecule has 1 heterocycles. The van der Waals surface area contributed by atoms with Gasteiger partial charge in [0.1, 0.15) is 0 Å². The maximum absolute atomic E-state index is 5.68. The van der Waals surface area contributed by atoms with Gasteiger partial charge in [0, 0.05) is 12.6 Å². The molecule has 0 saturated carbocycles. The fourth-order valence-corrected chi connectivity index (χ4v) is 1.67. The van der Waals surface area contributed by atoms with E-state index >= 15 is 0 Å². The van der Waals surface area contributed by atoms with Crippen molar-refractivity contribution in [1.29, 1.82) is 0 Å². The first-order valence-electron chi connectivity index (χ1n) is 5.63. The number of anilines is 1. The number of nitrogen functional groups attached to an aromatic ring is 1. The van der Waals surface area contributed by atoms with Crippen LogP contribution in [0, 0.1) is 4.77 Å². The van der Waals surface area contributed by atoms with E-state index < -0.39 is 0 Å². The smallest absolute Gasteiger partial charge is 0.220 e. The Labute approximate surface area is 102 Å². The molecule has 6 heteroatoms. The number of aromatic amines is 1. The van der Waals surface area contributed by atoms with E-state index in [1.807, 2.05) is 4.57 Å². The molecule has 0 aliphatic carbocycles. The van der Waals surface area contributed by atoms with Crippen LogP contribution in [0.25, 0.3) is 0 Å². The molecule has 0 fully saturated rings. The topological polar surface area (TPSA) is 62.9 Å². The van der Waals surface area contributed by atoms with Gasteiger partial charge in [-0.1, -0.05) is 0 Å². The first-order chi connectivity index (χ1) is 7.52. The first kappa shape index (κ1) is 13.2. The molecule has 0 aliphatic heterocycles. The van der Waals surface area contributed by atoms with Crippen LogP contribution in [-0.2, 0) is 6.54 Å². The fourth-order valence-electron chi connectivity index (χ4n) is 1.44. The normalized spacial score (nSPS) is 11.6. The summed E-state index contributed by atoms with van der Waals surface area (Å²) in [4.78, 5) is 2.33. The molecule has 1 aromatic heterocycles. The predicted octanol–water partition coefficient (Wildman–Crippen LogP) is 1.64. The second kappa shape index (κ2) is 6.00. The molecule has 0 aliphatic rings. The average Bonchev–Trinajstić information content (AvgIpc) is 2.54. The minimum atomic E-state index is 0.474. The van der Waals surface area contributed by atoms with Crippen molar-refractivity contribution in [2.75, 3.05) is 19.3 Å². The van der Waals surface area contributed by atoms with Crippen LogP contribution in [0.5, 0.6) is 0 Å². The number of aromatic nitrogens is 3. The zero-order valence-corrected chi connectivity index (χ0v) is 11.0. The second-order valence-electron chi connectivity index (χ2n) is 4.32. The van der Waals surface area contributed by atoms with E-state index in [1.165, 1.54) is 0 Å². The van der Waals surface area contributed by atoms with Crippen LogP contribution >= 0.6 is 12.2 Å². The third-order valence-electron chi connectivity index (χ3n) is 2.81. The predicted molar refractivity (Wildman–Crippen MR) is 68.8 cm³/mol. The highest BCUT2D eigenvalue weighted by molar-refractivity contribution is 7.71. The molecular formula is C10H21N5S. The van der Waals surface area contributed by atoms with Crippen molar-refractivity contribution in [1.82, 2.24) is 19.7 Å². The lowest BCUT2D eigenvalue weighted by Gasteiger charge is -2.20. The van der Waals surface area contributed by atoms with Gasteiger partial charge >= 0.3 is 0 Å². The third kappa shape index (κ3) is 3.61. The summed E-state index contributed by atoms with van der Waals surface area (Å²) in [5, 5.41) is 6.56. The summed E-state index contributed by atoms with van der Waals surface area (Å²) < 4.78 is 2.44. The van der Waals surface area contributed by atoms with Crippen LogP contribution in [0.15, 0.2) is 0 Å². The summed E-state index contributed by atoms with van der Waals surface area (Å²) in [5.74, 6) is 0.474. The summed E-state index contributed by atoms with van der Waals surface area (Å²) in [6, 6.07) is 0.598. The van der Waals surface area contributed by atoms with Gasteiger partial charge in [0.2, 0.25) is 5.95 Å².